The maximum Gasteiger partial charge on any atom is 0.135 e. The van der Waals surface area contributed by atoms with Crippen molar-refractivity contribution in [3.63, 3.8) is 0 Å². The fraction of sp³-hybridized carbons (Fsp3) is 0.111. The Balaban J connectivity index is 0.721. The van der Waals surface area contributed by atoms with Crippen molar-refractivity contribution in [1.29, 1.82) is 0 Å². The number of hydrogen-bond acceptors (Lipinski definition) is 1. The molecule has 84 heavy (non-hydrogen) atoms. The zero-order valence-corrected chi connectivity index (χ0v) is 47.9. The van der Waals surface area contributed by atoms with Crippen molar-refractivity contribution < 1.29 is 4.42 Å². The molecule has 3 heterocycles. The van der Waals surface area contributed by atoms with Crippen LogP contribution >= 0.6 is 0 Å². The summed E-state index contributed by atoms with van der Waals surface area (Å²) in [5, 5.41) is 7.31. The maximum absolute atomic E-state index is 6.21. The van der Waals surface area contributed by atoms with E-state index in [1.807, 2.05) is 6.07 Å². The van der Waals surface area contributed by atoms with Crippen molar-refractivity contribution in [2.45, 2.75) is 57.8 Å². The van der Waals surface area contributed by atoms with Crippen LogP contribution in [-0.2, 0) is 16.2 Å². The molecule has 0 spiro atoms. The van der Waals surface area contributed by atoms with Gasteiger partial charge in [0.15, 0.2) is 0 Å². The molecule has 0 N–H and O–H groups in total. The van der Waals surface area contributed by atoms with E-state index in [0.717, 1.165) is 27.6 Å². The Morgan fingerprint density at radius 3 is 1.08 bits per heavy atom. The van der Waals surface area contributed by atoms with Crippen molar-refractivity contribution in [3.05, 3.63) is 276 Å². The summed E-state index contributed by atoms with van der Waals surface area (Å²) in [5.74, 6) is 0. The normalized spacial score (nSPS) is 14.8. The fourth-order valence-corrected chi connectivity index (χ4v) is 15.8. The molecular formula is C81H58N2O. The summed E-state index contributed by atoms with van der Waals surface area (Å²) in [6.07, 6.45) is 0. The van der Waals surface area contributed by atoms with Crippen molar-refractivity contribution in [1.82, 2.24) is 9.13 Å². The predicted molar refractivity (Wildman–Crippen MR) is 351 cm³/mol. The second-order valence-electron chi connectivity index (χ2n) is 25.6. The zero-order valence-electron chi connectivity index (χ0n) is 47.9. The molecule has 0 radical (unpaired) electrons. The summed E-state index contributed by atoms with van der Waals surface area (Å²) in [6.45, 7) is 14.2. The Morgan fingerprint density at radius 1 is 0.238 bits per heavy atom. The van der Waals surface area contributed by atoms with E-state index >= 15 is 0 Å². The highest BCUT2D eigenvalue weighted by atomic mass is 16.3. The molecule has 0 bridgehead atoms. The van der Waals surface area contributed by atoms with E-state index in [4.69, 9.17) is 4.42 Å². The molecular weight excluding hydrogens is 1020 g/mol. The van der Waals surface area contributed by atoms with E-state index < -0.39 is 0 Å². The Morgan fingerprint density at radius 2 is 0.571 bits per heavy atom. The molecule has 3 aliphatic rings. The zero-order chi connectivity index (χ0) is 56.1. The Hall–Kier alpha value is -9.96. The minimum atomic E-state index is -0.171. The smallest absolute Gasteiger partial charge is 0.135 e. The van der Waals surface area contributed by atoms with E-state index in [1.54, 1.807) is 0 Å². The van der Waals surface area contributed by atoms with Gasteiger partial charge in [-0.25, -0.2) is 0 Å². The first kappa shape index (κ1) is 47.7. The van der Waals surface area contributed by atoms with Crippen LogP contribution in [0.25, 0.3) is 144 Å². The standard InChI is InChI=1S/C81H58N2O/c1-79(2)67-19-11-7-15-55(67)59-39-47(23-31-68(59)79)50-26-36-75-64(42-50)56-16-8-12-20-73(56)82(75)53-29-34-71-62(45-53)63-46-54(30-35-72(63)81(71,5)6)83-74-21-13-9-17-57(74)65-43-51(27-37-76(65)83)48-24-32-69-60(40-48)61-41-49(25-33-70(61)80(69,3)4)52-28-38-78-66(44-52)58-18-10-14-22-77(58)84-78/h7-46H,1-6H3. The van der Waals surface area contributed by atoms with Gasteiger partial charge >= 0.3 is 0 Å². The van der Waals surface area contributed by atoms with Crippen molar-refractivity contribution in [2.75, 3.05) is 0 Å². The van der Waals surface area contributed by atoms with Crippen LogP contribution < -0.4 is 0 Å². The number of hydrogen-bond donors (Lipinski definition) is 0. The average Bonchev–Trinajstić information content (AvgIpc) is 2.20. The molecule has 0 fully saturated rings. The summed E-state index contributed by atoms with van der Waals surface area (Å²) < 4.78 is 11.2. The van der Waals surface area contributed by atoms with Gasteiger partial charge in [0.2, 0.25) is 0 Å². The van der Waals surface area contributed by atoms with Crippen molar-refractivity contribution in [3.8, 4) is 78.1 Å². The average molecular weight is 1080 g/mol. The lowest BCUT2D eigenvalue weighted by molar-refractivity contribution is 0.660. The second-order valence-corrected chi connectivity index (χ2v) is 25.6. The number of fused-ring (bicyclic) bond motifs is 18. The number of para-hydroxylation sites is 3. The molecule has 0 unspecified atom stereocenters. The number of rotatable bonds is 5. The van der Waals surface area contributed by atoms with Gasteiger partial charge in [0.05, 0.1) is 22.1 Å². The molecule has 12 aromatic carbocycles. The van der Waals surface area contributed by atoms with Crippen LogP contribution in [0.1, 0.15) is 74.9 Å². The van der Waals surface area contributed by atoms with E-state index in [-0.39, 0.29) is 16.2 Å². The van der Waals surface area contributed by atoms with Crippen LogP contribution in [0.3, 0.4) is 0 Å². The third-order valence-corrected chi connectivity index (χ3v) is 20.1. The first-order valence-corrected chi connectivity index (χ1v) is 29.7. The number of furan rings is 1. The molecule has 3 aromatic heterocycles. The van der Waals surface area contributed by atoms with Crippen molar-refractivity contribution in [2.24, 2.45) is 0 Å². The van der Waals surface area contributed by atoms with Gasteiger partial charge < -0.3 is 13.6 Å². The van der Waals surface area contributed by atoms with Crippen LogP contribution in [0.2, 0.25) is 0 Å². The first-order valence-electron chi connectivity index (χ1n) is 29.7. The highest BCUT2D eigenvalue weighted by Gasteiger charge is 2.39. The summed E-state index contributed by atoms with van der Waals surface area (Å²) in [6, 6.07) is 91.7. The monoisotopic (exact) mass is 1070 g/mol. The summed E-state index contributed by atoms with van der Waals surface area (Å²) in [7, 11) is 0. The first-order chi connectivity index (χ1) is 40.9. The topological polar surface area (TPSA) is 23.0 Å². The minimum Gasteiger partial charge on any atom is -0.456 e. The van der Waals surface area contributed by atoms with E-state index in [9.17, 15) is 0 Å². The third-order valence-electron chi connectivity index (χ3n) is 20.1. The van der Waals surface area contributed by atoms with Crippen LogP contribution in [0.4, 0.5) is 0 Å². The van der Waals surface area contributed by atoms with Crippen LogP contribution in [0, 0.1) is 0 Å². The number of benzene rings is 12. The van der Waals surface area contributed by atoms with Gasteiger partial charge in [-0.2, -0.15) is 0 Å². The third kappa shape index (κ3) is 6.42. The number of aromatic nitrogens is 2. The lowest BCUT2D eigenvalue weighted by atomic mass is 9.82. The van der Waals surface area contributed by atoms with Gasteiger partial charge in [0, 0.05) is 59.9 Å². The largest absolute Gasteiger partial charge is 0.456 e. The maximum atomic E-state index is 6.21. The Labute approximate surface area is 488 Å². The van der Waals surface area contributed by atoms with Crippen LogP contribution in [-0.4, -0.2) is 9.13 Å². The molecule has 15 aromatic rings. The predicted octanol–water partition coefficient (Wildman–Crippen LogP) is 21.7. The fourth-order valence-electron chi connectivity index (χ4n) is 15.8. The van der Waals surface area contributed by atoms with Crippen LogP contribution in [0.5, 0.6) is 0 Å². The van der Waals surface area contributed by atoms with Gasteiger partial charge in [-0.05, 0) is 197 Å². The van der Waals surface area contributed by atoms with Gasteiger partial charge in [0.1, 0.15) is 11.2 Å². The molecule has 3 heteroatoms. The van der Waals surface area contributed by atoms with Gasteiger partial charge in [-0.1, -0.05) is 187 Å². The molecule has 0 atom stereocenters. The molecule has 0 saturated heterocycles. The van der Waals surface area contributed by atoms with Crippen molar-refractivity contribution >= 4 is 65.6 Å². The lowest BCUT2D eigenvalue weighted by Crippen LogP contribution is -2.15. The molecule has 0 amide bonds. The lowest BCUT2D eigenvalue weighted by Gasteiger charge is -2.22. The molecule has 3 nitrogen and oxygen atoms in total. The molecule has 0 saturated carbocycles. The highest BCUT2D eigenvalue weighted by molar-refractivity contribution is 6.12. The molecule has 0 aliphatic heterocycles. The quantitative estimate of drug-likeness (QED) is 0.168. The molecule has 18 rings (SSSR count). The van der Waals surface area contributed by atoms with Gasteiger partial charge in [-0.15, -0.1) is 0 Å². The second kappa shape index (κ2) is 16.6. The summed E-state index contributed by atoms with van der Waals surface area (Å²) in [4.78, 5) is 0. The Bertz CT molecular complexity index is 5410. The van der Waals surface area contributed by atoms with E-state index in [0.29, 0.717) is 0 Å². The highest BCUT2D eigenvalue weighted by Crippen LogP contribution is 2.54. The van der Waals surface area contributed by atoms with Gasteiger partial charge in [0.25, 0.3) is 0 Å². The van der Waals surface area contributed by atoms with Gasteiger partial charge in [-0.3, -0.25) is 0 Å². The molecule has 3 aliphatic carbocycles. The molecule has 398 valence electrons. The van der Waals surface area contributed by atoms with E-state index in [1.165, 1.54) is 149 Å². The Kier molecular flexibility index (Phi) is 9.43. The number of nitrogens with zero attached hydrogens (tertiary/aromatic N) is 2. The van der Waals surface area contributed by atoms with E-state index in [2.05, 4.69) is 287 Å². The SMILES string of the molecule is CC1(C)c2ccccc2-c2cc(-c3ccc4c(c3)c3ccccc3n4-c3ccc4c(c3)-c3cc(-n5c6ccccc6c6cc(-c7ccc8c(c7)-c7cc(-c9ccc%10oc%11ccccc%11c%10c9)ccc7C8(C)C)ccc65)ccc3C4(C)C)ccc21. The summed E-state index contributed by atoms with van der Waals surface area (Å²) in [5.41, 5.74) is 32.1. The summed E-state index contributed by atoms with van der Waals surface area (Å²) >= 11 is 0. The minimum absolute atomic E-state index is 0.0225. The van der Waals surface area contributed by atoms with Crippen LogP contribution in [0.15, 0.2) is 247 Å².